The van der Waals surface area contributed by atoms with Crippen molar-refractivity contribution in [1.29, 1.82) is 0 Å². The summed E-state index contributed by atoms with van der Waals surface area (Å²) in [6.45, 7) is 2.53. The number of H-pyrrole nitrogens is 1. The zero-order valence-corrected chi connectivity index (χ0v) is 36.0. The first-order valence-electron chi connectivity index (χ1n) is 20.5. The van der Waals surface area contributed by atoms with Gasteiger partial charge < -0.3 is 62.0 Å². The minimum absolute atomic E-state index is 0.0162. The molecule has 5 aromatic rings. The van der Waals surface area contributed by atoms with E-state index in [0.717, 1.165) is 36.4 Å². The highest BCUT2D eigenvalue weighted by Crippen LogP contribution is 2.29. The van der Waals surface area contributed by atoms with Gasteiger partial charge in [0, 0.05) is 25.0 Å². The summed E-state index contributed by atoms with van der Waals surface area (Å²) in [6.07, 6.45) is -1.89. The highest BCUT2D eigenvalue weighted by atomic mass is 35.5. The number of esters is 1. The zero-order valence-electron chi connectivity index (χ0n) is 35.3. The summed E-state index contributed by atoms with van der Waals surface area (Å²) < 4.78 is 5.81. The molecule has 6 amide bonds. The third-order valence-corrected chi connectivity index (χ3v) is 10.6. The molecule has 0 bridgehead atoms. The van der Waals surface area contributed by atoms with Gasteiger partial charge in [0.15, 0.2) is 6.04 Å². The number of aromatic nitrogens is 1. The van der Waals surface area contributed by atoms with Gasteiger partial charge in [-0.15, -0.1) is 0 Å². The Balaban J connectivity index is 1.43. The van der Waals surface area contributed by atoms with E-state index in [9.17, 15) is 54.0 Å². The minimum Gasteiger partial charge on any atom is -0.508 e. The van der Waals surface area contributed by atoms with Gasteiger partial charge in [0.2, 0.25) is 29.5 Å². The highest BCUT2D eigenvalue weighted by molar-refractivity contribution is 6.29. The lowest BCUT2D eigenvalue weighted by molar-refractivity contribution is -0.156. The van der Waals surface area contributed by atoms with E-state index in [4.69, 9.17) is 16.3 Å². The number of carbonyl (C=O) groups excluding carboxylic acids is 7. The number of hydrogen-bond donors (Lipinski definition) is 11. The number of phenolic OH excluding ortho intramolecular Hbond substituents is 4. The molecule has 6 rings (SSSR count). The van der Waals surface area contributed by atoms with Gasteiger partial charge >= 0.3 is 5.97 Å². The average Bonchev–Trinajstić information content (AvgIpc) is 3.71. The molecule has 66 heavy (non-hydrogen) atoms. The van der Waals surface area contributed by atoms with Crippen molar-refractivity contribution in [1.82, 2.24) is 36.9 Å². The van der Waals surface area contributed by atoms with Crippen LogP contribution in [-0.4, -0.2) is 97.1 Å². The molecule has 7 atom stereocenters. The molecule has 19 nitrogen and oxygen atoms in total. The fraction of sp³-hybridized carbons (Fsp3) is 0.239. The SMILES string of the molecule is C[C@@H]1NC(=O)[C@H](Cc2ccccc2)NC(=O)[C@@H](NC(=O)[C@H](Cc2ccccc2)NC(=O)c2ccc(Cl)[nH]2)[C@@H](C)OC(=O)[C@H](c2cc(O)cc(O)c2)NC(=O)[C@@H](c2cc(O)cc(O)c2)NC1=O. The molecule has 1 saturated heterocycles. The highest BCUT2D eigenvalue weighted by Gasteiger charge is 2.39. The van der Waals surface area contributed by atoms with E-state index in [1.54, 1.807) is 60.7 Å². The van der Waals surface area contributed by atoms with Crippen LogP contribution in [0, 0.1) is 0 Å². The fourth-order valence-corrected chi connectivity index (χ4v) is 7.27. The quantitative estimate of drug-likeness (QED) is 0.0900. The topological polar surface area (TPSA) is 298 Å². The number of carbonyl (C=O) groups is 7. The van der Waals surface area contributed by atoms with Crippen LogP contribution < -0.4 is 31.9 Å². The van der Waals surface area contributed by atoms with Gasteiger partial charge in [-0.3, -0.25) is 28.8 Å². The van der Waals surface area contributed by atoms with Crippen LogP contribution in [0.2, 0.25) is 5.15 Å². The van der Waals surface area contributed by atoms with Gasteiger partial charge in [-0.1, -0.05) is 72.3 Å². The van der Waals surface area contributed by atoms with Crippen molar-refractivity contribution in [3.8, 4) is 23.0 Å². The van der Waals surface area contributed by atoms with Crippen molar-refractivity contribution in [2.24, 2.45) is 0 Å². The number of ether oxygens (including phenoxy) is 1. The second-order valence-electron chi connectivity index (χ2n) is 15.5. The average molecular weight is 924 g/mol. The van der Waals surface area contributed by atoms with Crippen LogP contribution in [0.5, 0.6) is 23.0 Å². The predicted octanol–water partition coefficient (Wildman–Crippen LogP) is 2.21. The van der Waals surface area contributed by atoms with Gasteiger partial charge in [0.05, 0.1) is 0 Å². The number of aromatic hydroxyl groups is 4. The monoisotopic (exact) mass is 923 g/mol. The Labute approximate surface area is 381 Å². The fourth-order valence-electron chi connectivity index (χ4n) is 7.11. The lowest BCUT2D eigenvalue weighted by Crippen LogP contribution is -2.62. The summed E-state index contributed by atoms with van der Waals surface area (Å²) in [6, 6.07) is 16.2. The first kappa shape index (κ1) is 47.4. The van der Waals surface area contributed by atoms with Crippen molar-refractivity contribution in [2.45, 2.75) is 69.0 Å². The maximum absolute atomic E-state index is 14.6. The Morgan fingerprint density at radius 1 is 0.652 bits per heavy atom. The third-order valence-electron chi connectivity index (χ3n) is 10.4. The second kappa shape index (κ2) is 21.1. The molecule has 0 saturated carbocycles. The molecular formula is C46H46ClN7O12. The largest absolute Gasteiger partial charge is 0.508 e. The first-order chi connectivity index (χ1) is 31.4. The summed E-state index contributed by atoms with van der Waals surface area (Å²) in [7, 11) is 0. The van der Waals surface area contributed by atoms with E-state index in [0.29, 0.717) is 11.1 Å². The van der Waals surface area contributed by atoms with Crippen LogP contribution >= 0.6 is 11.6 Å². The Kier molecular flexibility index (Phi) is 15.1. The number of phenols is 4. The molecule has 2 heterocycles. The van der Waals surface area contributed by atoms with Crippen LogP contribution in [0.25, 0.3) is 0 Å². The summed E-state index contributed by atoms with van der Waals surface area (Å²) in [5, 5.41) is 56.9. The molecule has 0 aliphatic carbocycles. The van der Waals surface area contributed by atoms with Gasteiger partial charge in [-0.25, -0.2) is 4.79 Å². The number of aromatic amines is 1. The van der Waals surface area contributed by atoms with Crippen LogP contribution in [0.3, 0.4) is 0 Å². The summed E-state index contributed by atoms with van der Waals surface area (Å²) in [5.74, 6) is -9.11. The standard InChI is InChI=1S/C46H46ClN7O12/c1-23-40(59)53-38(27-17-29(55)21-30(56)18-27)45(64)54-39(28-19-31(57)22-32(58)20-28)46(65)66-24(2)37(44(63)51-34(42(61)48-23)15-25-9-5-3-6-10-25)52-43(62)35(16-26-11-7-4-8-12-26)50-41(60)33-13-14-36(47)49-33/h3-14,17-24,34-35,37-39,49,55-58H,15-16H2,1-2H3,(H,48,61)(H,50,60)(H,51,63)(H,52,62)(H,53,59)(H,54,64)/t23-,24+,34-,35-,37-,38+,39-/m0/s1. The number of halogens is 1. The van der Waals surface area contributed by atoms with Crippen molar-refractivity contribution in [2.75, 3.05) is 0 Å². The van der Waals surface area contributed by atoms with E-state index >= 15 is 0 Å². The van der Waals surface area contributed by atoms with E-state index in [2.05, 4.69) is 36.9 Å². The number of amides is 6. The van der Waals surface area contributed by atoms with Gasteiger partial charge in [-0.2, -0.15) is 0 Å². The van der Waals surface area contributed by atoms with Crippen molar-refractivity contribution in [3.05, 3.63) is 142 Å². The molecule has 20 heteroatoms. The summed E-state index contributed by atoms with van der Waals surface area (Å²) in [4.78, 5) is 102. The van der Waals surface area contributed by atoms with Gasteiger partial charge in [0.1, 0.15) is 70.2 Å². The number of cyclic esters (lactones) is 1. The Bertz CT molecular complexity index is 2570. The lowest BCUT2D eigenvalue weighted by atomic mass is 10.0. The zero-order chi connectivity index (χ0) is 47.7. The summed E-state index contributed by atoms with van der Waals surface area (Å²) in [5.41, 5.74) is 0.770. The summed E-state index contributed by atoms with van der Waals surface area (Å²) >= 11 is 6.01. The Hall–Kier alpha value is -8.06. The first-order valence-corrected chi connectivity index (χ1v) is 20.8. The third kappa shape index (κ3) is 12.3. The van der Waals surface area contributed by atoms with E-state index < -0.39 is 107 Å². The van der Waals surface area contributed by atoms with E-state index in [1.165, 1.54) is 26.0 Å². The minimum atomic E-state index is -1.92. The Morgan fingerprint density at radius 2 is 1.20 bits per heavy atom. The smallest absolute Gasteiger partial charge is 0.333 e. The Morgan fingerprint density at radius 3 is 1.76 bits per heavy atom. The number of benzene rings is 4. The predicted molar refractivity (Wildman–Crippen MR) is 236 cm³/mol. The van der Waals surface area contributed by atoms with Gasteiger partial charge in [0.25, 0.3) is 5.91 Å². The second-order valence-corrected chi connectivity index (χ2v) is 15.9. The number of nitrogens with one attached hydrogen (secondary N) is 7. The maximum Gasteiger partial charge on any atom is 0.333 e. The van der Waals surface area contributed by atoms with E-state index in [-0.39, 0.29) is 34.8 Å². The molecule has 0 spiro atoms. The van der Waals surface area contributed by atoms with Crippen molar-refractivity contribution in [3.63, 3.8) is 0 Å². The lowest BCUT2D eigenvalue weighted by Gasteiger charge is -2.31. The molecule has 0 radical (unpaired) electrons. The number of rotatable bonds is 10. The molecule has 1 aromatic heterocycles. The van der Waals surface area contributed by atoms with E-state index in [1.807, 2.05) is 0 Å². The van der Waals surface area contributed by atoms with Crippen LogP contribution in [0.15, 0.2) is 109 Å². The molecule has 1 aliphatic heterocycles. The molecule has 344 valence electrons. The molecular weight excluding hydrogens is 878 g/mol. The van der Waals surface area contributed by atoms with Gasteiger partial charge in [-0.05, 0) is 72.5 Å². The molecule has 1 fully saturated rings. The van der Waals surface area contributed by atoms with Crippen molar-refractivity contribution >= 4 is 53.0 Å². The molecule has 11 N–H and O–H groups in total. The maximum atomic E-state index is 14.6. The molecule has 1 aliphatic rings. The van der Waals surface area contributed by atoms with Crippen LogP contribution in [0.1, 0.15) is 58.7 Å². The normalized spacial score (nSPS) is 21.2. The molecule has 4 aromatic carbocycles. The van der Waals surface area contributed by atoms with Crippen LogP contribution in [0.4, 0.5) is 0 Å². The molecule has 0 unspecified atom stereocenters. The van der Waals surface area contributed by atoms with Crippen LogP contribution in [-0.2, 0) is 46.3 Å². The number of hydrogen-bond acceptors (Lipinski definition) is 12. The van der Waals surface area contributed by atoms with Crippen molar-refractivity contribution < 1.29 is 58.7 Å².